The number of carbonyl (C=O) groups excluding carboxylic acids is 2. The fourth-order valence-electron chi connectivity index (χ4n) is 2.96. The Bertz CT molecular complexity index is 1010. The van der Waals surface area contributed by atoms with Gasteiger partial charge in [-0.2, -0.15) is 0 Å². The van der Waals surface area contributed by atoms with E-state index >= 15 is 0 Å². The second-order valence-corrected chi connectivity index (χ2v) is 8.11. The summed E-state index contributed by atoms with van der Waals surface area (Å²) in [6.45, 7) is 6.09. The van der Waals surface area contributed by atoms with Crippen molar-refractivity contribution in [2.45, 2.75) is 46.1 Å². The van der Waals surface area contributed by atoms with E-state index in [1.165, 1.54) is 16.9 Å². The number of aromatic nitrogens is 1. The first-order valence-corrected chi connectivity index (χ1v) is 11.1. The minimum atomic E-state index is -0.197. The molecule has 6 heteroatoms. The van der Waals surface area contributed by atoms with E-state index in [0.717, 1.165) is 23.4 Å². The minimum absolute atomic E-state index is 0.0704. The molecule has 0 aliphatic rings. The number of hydrogen-bond donors (Lipinski definition) is 2. The van der Waals surface area contributed by atoms with Gasteiger partial charge in [-0.05, 0) is 37.5 Å². The molecule has 30 heavy (non-hydrogen) atoms. The van der Waals surface area contributed by atoms with Crippen molar-refractivity contribution in [2.24, 2.45) is 0 Å². The number of anilines is 1. The number of carbonyl (C=O) groups is 2. The molecule has 0 aliphatic heterocycles. The molecular weight excluding hydrogens is 394 g/mol. The van der Waals surface area contributed by atoms with E-state index in [4.69, 9.17) is 0 Å². The molecule has 0 aliphatic carbocycles. The summed E-state index contributed by atoms with van der Waals surface area (Å²) in [4.78, 5) is 29.7. The van der Waals surface area contributed by atoms with Crippen LogP contribution in [-0.2, 0) is 17.6 Å². The third-order valence-corrected chi connectivity index (χ3v) is 5.88. The highest BCUT2D eigenvalue weighted by Crippen LogP contribution is 2.25. The lowest BCUT2D eigenvalue weighted by atomic mass is 10.1. The van der Waals surface area contributed by atoms with Crippen molar-refractivity contribution in [3.05, 3.63) is 70.7 Å². The molecule has 1 aromatic heterocycles. The van der Waals surface area contributed by atoms with Crippen molar-refractivity contribution in [2.75, 3.05) is 5.32 Å². The second kappa shape index (κ2) is 10.2. The van der Waals surface area contributed by atoms with Crippen LogP contribution in [0.4, 0.5) is 5.69 Å². The molecule has 156 valence electrons. The van der Waals surface area contributed by atoms with Crippen LogP contribution in [-0.4, -0.2) is 22.8 Å². The maximum atomic E-state index is 12.6. The number of hydrogen-bond acceptors (Lipinski definition) is 4. The van der Waals surface area contributed by atoms with Crippen LogP contribution in [0.2, 0.25) is 0 Å². The lowest BCUT2D eigenvalue weighted by Crippen LogP contribution is -2.32. The average molecular weight is 422 g/mol. The van der Waals surface area contributed by atoms with Gasteiger partial charge in [0.1, 0.15) is 5.01 Å². The fraction of sp³-hybridized carbons (Fsp3) is 0.292. The number of nitrogens with one attached hydrogen (secondary N) is 2. The number of nitrogens with zero attached hydrogens (tertiary/aromatic N) is 1. The summed E-state index contributed by atoms with van der Waals surface area (Å²) in [5.41, 5.74) is 4.02. The Morgan fingerprint density at radius 2 is 1.80 bits per heavy atom. The van der Waals surface area contributed by atoms with E-state index in [2.05, 4.69) is 46.8 Å². The zero-order valence-electron chi connectivity index (χ0n) is 17.6. The molecular formula is C24H27N3O2S. The molecule has 2 amide bonds. The van der Waals surface area contributed by atoms with Crippen LogP contribution in [0.15, 0.2) is 53.9 Å². The lowest BCUT2D eigenvalue weighted by Gasteiger charge is -2.14. The normalized spacial score (nSPS) is 11.7. The first kappa shape index (κ1) is 21.7. The van der Waals surface area contributed by atoms with E-state index in [1.807, 2.05) is 19.2 Å². The largest absolute Gasteiger partial charge is 0.350 e. The zero-order chi connectivity index (χ0) is 21.5. The number of benzene rings is 2. The Hall–Kier alpha value is -2.99. The molecule has 2 aromatic carbocycles. The van der Waals surface area contributed by atoms with E-state index in [9.17, 15) is 9.59 Å². The van der Waals surface area contributed by atoms with Gasteiger partial charge >= 0.3 is 0 Å². The third-order valence-electron chi connectivity index (χ3n) is 4.94. The molecule has 1 atom stereocenters. The summed E-state index contributed by atoms with van der Waals surface area (Å²) in [7, 11) is 0. The minimum Gasteiger partial charge on any atom is -0.350 e. The van der Waals surface area contributed by atoms with Gasteiger partial charge in [-0.1, -0.05) is 50.2 Å². The van der Waals surface area contributed by atoms with Crippen molar-refractivity contribution < 1.29 is 9.59 Å². The molecule has 0 bridgehead atoms. The molecule has 0 radical (unpaired) electrons. The van der Waals surface area contributed by atoms with Gasteiger partial charge < -0.3 is 10.6 Å². The van der Waals surface area contributed by atoms with Gasteiger partial charge in [0.05, 0.1) is 23.4 Å². The van der Waals surface area contributed by atoms with Gasteiger partial charge in [0.25, 0.3) is 5.91 Å². The maximum absolute atomic E-state index is 12.6. The van der Waals surface area contributed by atoms with Crippen LogP contribution in [0, 0.1) is 0 Å². The maximum Gasteiger partial charge on any atom is 0.253 e. The van der Waals surface area contributed by atoms with Crippen LogP contribution in [0.5, 0.6) is 0 Å². The van der Waals surface area contributed by atoms with Crippen molar-refractivity contribution in [3.63, 3.8) is 0 Å². The van der Waals surface area contributed by atoms with Gasteiger partial charge in [-0.15, -0.1) is 11.3 Å². The van der Waals surface area contributed by atoms with Crippen molar-refractivity contribution in [3.8, 4) is 10.6 Å². The monoisotopic (exact) mass is 421 g/mol. The van der Waals surface area contributed by atoms with Crippen LogP contribution in [0.1, 0.15) is 48.8 Å². The standard InChI is InChI=1S/C24H27N3O2S/c1-4-16(3)25-23(29)20-8-6-7-9-21(20)27-22(28)14-19-15-30-24(26-19)18-12-10-17(5-2)11-13-18/h6-13,15-16H,4-5,14H2,1-3H3,(H,25,29)(H,27,28). The highest BCUT2D eigenvalue weighted by atomic mass is 32.1. The number of aryl methyl sites for hydroxylation is 1. The van der Waals surface area contributed by atoms with E-state index in [0.29, 0.717) is 16.9 Å². The molecule has 5 nitrogen and oxygen atoms in total. The SMILES string of the molecule is CCc1ccc(-c2nc(CC(=O)Nc3ccccc3C(=O)NC(C)CC)cs2)cc1. The first-order chi connectivity index (χ1) is 14.5. The second-order valence-electron chi connectivity index (χ2n) is 7.25. The van der Waals surface area contributed by atoms with E-state index < -0.39 is 0 Å². The van der Waals surface area contributed by atoms with Crippen LogP contribution in [0.3, 0.4) is 0 Å². The third kappa shape index (κ3) is 5.54. The van der Waals surface area contributed by atoms with Gasteiger partial charge in [0.2, 0.25) is 5.91 Å². The van der Waals surface area contributed by atoms with Gasteiger partial charge in [-0.3, -0.25) is 9.59 Å². The van der Waals surface area contributed by atoms with Gasteiger partial charge in [-0.25, -0.2) is 4.98 Å². The highest BCUT2D eigenvalue weighted by Gasteiger charge is 2.15. The Kier molecular flexibility index (Phi) is 7.36. The molecule has 3 aromatic rings. The quantitative estimate of drug-likeness (QED) is 0.533. The molecule has 0 saturated carbocycles. The summed E-state index contributed by atoms with van der Waals surface area (Å²) in [5, 5.41) is 8.60. The zero-order valence-corrected chi connectivity index (χ0v) is 18.4. The highest BCUT2D eigenvalue weighted by molar-refractivity contribution is 7.13. The van der Waals surface area contributed by atoms with E-state index in [1.54, 1.807) is 24.3 Å². The van der Waals surface area contributed by atoms with Crippen LogP contribution in [0.25, 0.3) is 10.6 Å². The molecule has 2 N–H and O–H groups in total. The Morgan fingerprint density at radius 3 is 2.50 bits per heavy atom. The van der Waals surface area contributed by atoms with E-state index in [-0.39, 0.29) is 24.3 Å². The summed E-state index contributed by atoms with van der Waals surface area (Å²) in [6, 6.07) is 15.4. The smallest absolute Gasteiger partial charge is 0.253 e. The van der Waals surface area contributed by atoms with Gasteiger partial charge in [0.15, 0.2) is 0 Å². The molecule has 3 rings (SSSR count). The number of para-hydroxylation sites is 1. The molecule has 0 fully saturated rings. The number of thiazole rings is 1. The Balaban J connectivity index is 1.66. The lowest BCUT2D eigenvalue weighted by molar-refractivity contribution is -0.115. The molecule has 0 saturated heterocycles. The van der Waals surface area contributed by atoms with Crippen molar-refractivity contribution in [1.82, 2.24) is 10.3 Å². The van der Waals surface area contributed by atoms with Crippen LogP contribution >= 0.6 is 11.3 Å². The summed E-state index contributed by atoms with van der Waals surface area (Å²) in [5.74, 6) is -0.385. The number of amides is 2. The Labute approximate surface area is 181 Å². The predicted molar refractivity (Wildman–Crippen MR) is 123 cm³/mol. The predicted octanol–water partition coefficient (Wildman–Crippen LogP) is 5.08. The summed E-state index contributed by atoms with van der Waals surface area (Å²) < 4.78 is 0. The van der Waals surface area contributed by atoms with Crippen molar-refractivity contribution >= 4 is 28.8 Å². The average Bonchev–Trinajstić information content (AvgIpc) is 3.22. The Morgan fingerprint density at radius 1 is 1.07 bits per heavy atom. The topological polar surface area (TPSA) is 71.1 Å². The first-order valence-electron chi connectivity index (χ1n) is 10.2. The molecule has 1 unspecified atom stereocenters. The number of rotatable bonds is 8. The summed E-state index contributed by atoms with van der Waals surface area (Å²) in [6.07, 6.45) is 2.00. The summed E-state index contributed by atoms with van der Waals surface area (Å²) >= 11 is 1.53. The fourth-order valence-corrected chi connectivity index (χ4v) is 3.78. The van der Waals surface area contributed by atoms with Crippen LogP contribution < -0.4 is 10.6 Å². The molecule has 0 spiro atoms. The molecule has 1 heterocycles. The van der Waals surface area contributed by atoms with Gasteiger partial charge in [0, 0.05) is 17.0 Å². The van der Waals surface area contributed by atoms with Crippen molar-refractivity contribution in [1.29, 1.82) is 0 Å².